The Hall–Kier alpha value is -0.260. The van der Waals surface area contributed by atoms with Crippen LogP contribution < -0.4 is 5.32 Å². The van der Waals surface area contributed by atoms with Gasteiger partial charge in [0.2, 0.25) is 5.91 Å². The summed E-state index contributed by atoms with van der Waals surface area (Å²) in [5.74, 6) is 2.63. The van der Waals surface area contributed by atoms with Crippen LogP contribution in [0.1, 0.15) is 34.1 Å². The molecule has 0 unspecified atom stereocenters. The third-order valence-corrected chi connectivity index (χ3v) is 4.97. The van der Waals surface area contributed by atoms with Crippen LogP contribution in [0.15, 0.2) is 0 Å². The van der Waals surface area contributed by atoms with Crippen molar-refractivity contribution in [1.82, 2.24) is 10.2 Å². The molecular formula is C15H30N2O2S. The lowest BCUT2D eigenvalue weighted by molar-refractivity contribution is -0.134. The molecule has 2 N–H and O–H groups in total. The van der Waals surface area contributed by atoms with Gasteiger partial charge in [-0.2, -0.15) is 11.8 Å². The molecule has 20 heavy (non-hydrogen) atoms. The highest BCUT2D eigenvalue weighted by atomic mass is 32.2. The van der Waals surface area contributed by atoms with Crippen molar-refractivity contribution < 1.29 is 9.90 Å². The summed E-state index contributed by atoms with van der Waals surface area (Å²) >= 11 is 1.92. The van der Waals surface area contributed by atoms with E-state index in [1.807, 2.05) is 30.5 Å². The third-order valence-electron chi connectivity index (χ3n) is 4.03. The number of hydrogen-bond acceptors (Lipinski definition) is 4. The van der Waals surface area contributed by atoms with E-state index in [-0.39, 0.29) is 24.0 Å². The smallest absolute Gasteiger partial charge is 0.240 e. The molecule has 0 aromatic rings. The Kier molecular flexibility index (Phi) is 7.34. The van der Waals surface area contributed by atoms with Gasteiger partial charge in [-0.15, -0.1) is 0 Å². The number of hydrogen-bond donors (Lipinski definition) is 2. The molecule has 4 nitrogen and oxygen atoms in total. The normalized spacial score (nSPS) is 19.8. The molecule has 5 heteroatoms. The highest BCUT2D eigenvalue weighted by Crippen LogP contribution is 2.18. The van der Waals surface area contributed by atoms with Crippen molar-refractivity contribution in [3.63, 3.8) is 0 Å². The van der Waals surface area contributed by atoms with Crippen molar-refractivity contribution >= 4 is 17.7 Å². The van der Waals surface area contributed by atoms with Gasteiger partial charge < -0.3 is 15.3 Å². The summed E-state index contributed by atoms with van der Waals surface area (Å²) in [6.07, 6.45) is 0.978. The predicted octanol–water partition coefficient (Wildman–Crippen LogP) is 1.58. The van der Waals surface area contributed by atoms with Crippen LogP contribution in [0.2, 0.25) is 0 Å². The average Bonchev–Trinajstić information content (AvgIpc) is 2.47. The summed E-state index contributed by atoms with van der Waals surface area (Å²) < 4.78 is 0. The van der Waals surface area contributed by atoms with Gasteiger partial charge in [0.1, 0.15) is 0 Å². The largest absolute Gasteiger partial charge is 0.396 e. The first-order valence-corrected chi connectivity index (χ1v) is 8.77. The van der Waals surface area contributed by atoms with E-state index in [0.717, 1.165) is 31.0 Å². The summed E-state index contributed by atoms with van der Waals surface area (Å²) in [7, 11) is 0. The van der Waals surface area contributed by atoms with Crippen LogP contribution in [-0.4, -0.2) is 59.7 Å². The fraction of sp³-hybridized carbons (Fsp3) is 0.933. The molecule has 0 aromatic heterocycles. The van der Waals surface area contributed by atoms with E-state index in [4.69, 9.17) is 0 Å². The average molecular weight is 302 g/mol. The first kappa shape index (κ1) is 17.8. The molecule has 1 aliphatic heterocycles. The number of thioether (sulfide) groups is 1. The molecular weight excluding hydrogens is 272 g/mol. The Labute approximate surface area is 127 Å². The van der Waals surface area contributed by atoms with E-state index in [2.05, 4.69) is 19.2 Å². The molecule has 0 saturated carbocycles. The molecule has 1 aliphatic rings. The van der Waals surface area contributed by atoms with Crippen molar-refractivity contribution in [3.8, 4) is 0 Å². The number of aliphatic hydroxyl groups excluding tert-OH is 1. The van der Waals surface area contributed by atoms with Crippen LogP contribution in [0, 0.1) is 11.3 Å². The Morgan fingerprint density at radius 1 is 1.40 bits per heavy atom. The molecule has 1 heterocycles. The number of nitrogens with one attached hydrogen (secondary N) is 1. The van der Waals surface area contributed by atoms with Gasteiger partial charge in [-0.25, -0.2) is 0 Å². The number of nitrogens with zero attached hydrogens (tertiary/aromatic N) is 1. The molecule has 118 valence electrons. The quantitative estimate of drug-likeness (QED) is 0.750. The van der Waals surface area contributed by atoms with Crippen molar-refractivity contribution in [2.45, 2.75) is 40.2 Å². The topological polar surface area (TPSA) is 52.6 Å². The van der Waals surface area contributed by atoms with Gasteiger partial charge in [-0.3, -0.25) is 4.79 Å². The van der Waals surface area contributed by atoms with Crippen molar-refractivity contribution in [2.75, 3.05) is 37.7 Å². The standard InChI is InChI=1S/C15H30N2O2S/c1-5-12(2)13(16-10-15(3,4)11-18)14(19)17-6-8-20-9-7-17/h12-13,16,18H,5-11H2,1-4H3/t12-,13+/m1/s1. The summed E-state index contributed by atoms with van der Waals surface area (Å²) in [6, 6.07) is -0.131. The zero-order valence-electron chi connectivity index (χ0n) is 13.3. The number of amides is 1. The predicted molar refractivity (Wildman–Crippen MR) is 86.0 cm³/mol. The van der Waals surface area contributed by atoms with Gasteiger partial charge in [-0.1, -0.05) is 34.1 Å². The van der Waals surface area contributed by atoms with Crippen LogP contribution in [0.4, 0.5) is 0 Å². The highest BCUT2D eigenvalue weighted by molar-refractivity contribution is 7.99. The maximum absolute atomic E-state index is 12.7. The second kappa shape index (κ2) is 8.25. The minimum absolute atomic E-state index is 0.127. The highest BCUT2D eigenvalue weighted by Gasteiger charge is 2.30. The number of aliphatic hydroxyl groups is 1. The Balaban J connectivity index is 2.65. The molecule has 1 fully saturated rings. The summed E-state index contributed by atoms with van der Waals surface area (Å²) in [4.78, 5) is 14.7. The Bertz CT molecular complexity index is 304. The van der Waals surface area contributed by atoms with Gasteiger partial charge in [-0.05, 0) is 5.92 Å². The van der Waals surface area contributed by atoms with Gasteiger partial charge in [0.25, 0.3) is 0 Å². The molecule has 1 rings (SSSR count). The van der Waals surface area contributed by atoms with Gasteiger partial charge >= 0.3 is 0 Å². The summed E-state index contributed by atoms with van der Waals surface area (Å²) in [5.41, 5.74) is -0.191. The molecule has 0 radical (unpaired) electrons. The molecule has 0 spiro atoms. The maximum Gasteiger partial charge on any atom is 0.240 e. The van der Waals surface area contributed by atoms with Gasteiger partial charge in [0.05, 0.1) is 6.04 Å². The molecule has 1 amide bonds. The fourth-order valence-corrected chi connectivity index (χ4v) is 3.09. The zero-order valence-corrected chi connectivity index (χ0v) is 14.1. The number of carbonyl (C=O) groups excluding carboxylic acids is 1. The molecule has 0 aromatic carbocycles. The summed E-state index contributed by atoms with van der Waals surface area (Å²) in [6.45, 7) is 10.8. The SMILES string of the molecule is CC[C@@H](C)[C@H](NCC(C)(C)CO)C(=O)N1CCSCC1. The first-order valence-electron chi connectivity index (χ1n) is 7.62. The Morgan fingerprint density at radius 3 is 2.50 bits per heavy atom. The van der Waals surface area contributed by atoms with Crippen molar-refractivity contribution in [1.29, 1.82) is 0 Å². The van der Waals surface area contributed by atoms with Crippen LogP contribution in [0.25, 0.3) is 0 Å². The van der Waals surface area contributed by atoms with Crippen molar-refractivity contribution in [2.24, 2.45) is 11.3 Å². The molecule has 1 saturated heterocycles. The van der Waals surface area contributed by atoms with E-state index in [1.54, 1.807) is 0 Å². The number of carbonyl (C=O) groups is 1. The lowest BCUT2D eigenvalue weighted by Crippen LogP contribution is -2.53. The maximum atomic E-state index is 12.7. The monoisotopic (exact) mass is 302 g/mol. The van der Waals surface area contributed by atoms with Gasteiger partial charge in [0.15, 0.2) is 0 Å². The van der Waals surface area contributed by atoms with Crippen LogP contribution in [0.3, 0.4) is 0 Å². The second-order valence-corrected chi connectivity index (χ2v) is 7.73. The van der Waals surface area contributed by atoms with E-state index < -0.39 is 0 Å². The minimum Gasteiger partial charge on any atom is -0.396 e. The lowest BCUT2D eigenvalue weighted by atomic mass is 9.92. The zero-order chi connectivity index (χ0) is 15.2. The van der Waals surface area contributed by atoms with Crippen LogP contribution in [-0.2, 0) is 4.79 Å². The Morgan fingerprint density at radius 2 is 2.00 bits per heavy atom. The number of rotatable bonds is 7. The third kappa shape index (κ3) is 5.26. The van der Waals surface area contributed by atoms with Crippen molar-refractivity contribution in [3.05, 3.63) is 0 Å². The lowest BCUT2D eigenvalue weighted by Gasteiger charge is -2.34. The van der Waals surface area contributed by atoms with E-state index >= 15 is 0 Å². The van der Waals surface area contributed by atoms with Crippen LogP contribution in [0.5, 0.6) is 0 Å². The van der Waals surface area contributed by atoms with E-state index in [1.165, 1.54) is 0 Å². The first-order chi connectivity index (χ1) is 9.41. The van der Waals surface area contributed by atoms with E-state index in [9.17, 15) is 9.90 Å². The van der Waals surface area contributed by atoms with Crippen LogP contribution >= 0.6 is 11.8 Å². The second-order valence-electron chi connectivity index (χ2n) is 6.50. The fourth-order valence-electron chi connectivity index (χ4n) is 2.19. The molecule has 0 bridgehead atoms. The minimum atomic E-state index is -0.191. The summed E-state index contributed by atoms with van der Waals surface area (Å²) in [5, 5.41) is 12.8. The molecule has 0 aliphatic carbocycles. The van der Waals surface area contributed by atoms with Gasteiger partial charge in [0, 0.05) is 43.2 Å². The van der Waals surface area contributed by atoms with E-state index in [0.29, 0.717) is 12.5 Å². The molecule has 2 atom stereocenters.